The van der Waals surface area contributed by atoms with Crippen molar-refractivity contribution < 1.29 is 13.2 Å². The first-order valence-electron chi connectivity index (χ1n) is 5.10. The third-order valence-electron chi connectivity index (χ3n) is 2.46. The topological polar surface area (TPSA) is 15.6 Å². The molecule has 0 aromatic heterocycles. The molecule has 0 bridgehead atoms. The summed E-state index contributed by atoms with van der Waals surface area (Å²) in [6, 6.07) is 0.0574. The van der Waals surface area contributed by atoms with E-state index in [1.807, 2.05) is 0 Å². The van der Waals surface area contributed by atoms with Gasteiger partial charge in [-0.3, -0.25) is 4.99 Å². The second kappa shape index (κ2) is 4.76. The van der Waals surface area contributed by atoms with E-state index in [-0.39, 0.29) is 11.3 Å². The van der Waals surface area contributed by atoms with Crippen LogP contribution in [0.2, 0.25) is 0 Å². The van der Waals surface area contributed by atoms with Gasteiger partial charge in [0.25, 0.3) is 0 Å². The normalized spacial score (nSPS) is 25.8. The average molecular weight is 317 g/mol. The molecule has 1 unspecified atom stereocenters. The predicted octanol–water partition coefficient (Wildman–Crippen LogP) is 2.88. The van der Waals surface area contributed by atoms with Crippen LogP contribution >= 0.6 is 27.7 Å². The molecular formula is C9H12BrF3N2S. The molecule has 1 fully saturated rings. The van der Waals surface area contributed by atoms with Crippen molar-refractivity contribution in [1.29, 1.82) is 0 Å². The Hall–Kier alpha value is 0.0900. The molecule has 7 heteroatoms. The van der Waals surface area contributed by atoms with Crippen LogP contribution in [0.5, 0.6) is 0 Å². The molecule has 0 amide bonds. The highest BCUT2D eigenvalue weighted by Crippen LogP contribution is 2.35. The van der Waals surface area contributed by atoms with E-state index in [1.165, 1.54) is 16.7 Å². The zero-order valence-corrected chi connectivity index (χ0v) is 10.9. The van der Waals surface area contributed by atoms with Gasteiger partial charge in [0.15, 0.2) is 5.17 Å². The van der Waals surface area contributed by atoms with Gasteiger partial charge in [0.05, 0.1) is 6.54 Å². The molecule has 2 rings (SSSR count). The molecule has 1 heterocycles. The van der Waals surface area contributed by atoms with E-state index in [0.29, 0.717) is 11.7 Å². The molecule has 1 aliphatic carbocycles. The van der Waals surface area contributed by atoms with Crippen molar-refractivity contribution in [3.05, 3.63) is 0 Å². The van der Waals surface area contributed by atoms with Crippen LogP contribution in [0.4, 0.5) is 13.2 Å². The lowest BCUT2D eigenvalue weighted by Gasteiger charge is -2.25. The zero-order valence-electron chi connectivity index (χ0n) is 8.50. The molecule has 0 spiro atoms. The fraction of sp³-hybridized carbons (Fsp3) is 0.889. The van der Waals surface area contributed by atoms with Crippen LogP contribution in [-0.2, 0) is 0 Å². The zero-order chi connectivity index (χ0) is 11.8. The van der Waals surface area contributed by atoms with Crippen molar-refractivity contribution in [2.45, 2.75) is 30.3 Å². The Balaban J connectivity index is 1.98. The van der Waals surface area contributed by atoms with Crippen molar-refractivity contribution in [3.63, 3.8) is 0 Å². The molecule has 0 aromatic rings. The van der Waals surface area contributed by atoms with E-state index in [9.17, 15) is 13.2 Å². The molecule has 1 atom stereocenters. The third-order valence-corrected chi connectivity index (χ3v) is 4.89. The molecule has 2 nitrogen and oxygen atoms in total. The minimum absolute atomic E-state index is 0.0574. The lowest BCUT2D eigenvalue weighted by molar-refractivity contribution is -0.138. The summed E-state index contributed by atoms with van der Waals surface area (Å²) in [5.41, 5.74) is 0. The molecule has 0 N–H and O–H groups in total. The predicted molar refractivity (Wildman–Crippen MR) is 63.3 cm³/mol. The maximum atomic E-state index is 12.4. The Morgan fingerprint density at radius 2 is 2.12 bits per heavy atom. The van der Waals surface area contributed by atoms with Crippen LogP contribution < -0.4 is 0 Å². The van der Waals surface area contributed by atoms with Gasteiger partial charge >= 0.3 is 6.18 Å². The van der Waals surface area contributed by atoms with Gasteiger partial charge in [0.1, 0.15) is 6.54 Å². The summed E-state index contributed by atoms with van der Waals surface area (Å²) in [7, 11) is 0. The molecule has 0 aromatic carbocycles. The molecule has 1 aliphatic heterocycles. The van der Waals surface area contributed by atoms with E-state index >= 15 is 0 Å². The number of nitrogens with zero attached hydrogens (tertiary/aromatic N) is 2. The highest BCUT2D eigenvalue weighted by atomic mass is 79.9. The van der Waals surface area contributed by atoms with Crippen molar-refractivity contribution in [3.8, 4) is 0 Å². The van der Waals surface area contributed by atoms with Crippen LogP contribution in [0.25, 0.3) is 0 Å². The van der Waals surface area contributed by atoms with E-state index in [1.54, 1.807) is 0 Å². The van der Waals surface area contributed by atoms with Crippen molar-refractivity contribution in [1.82, 2.24) is 4.90 Å². The van der Waals surface area contributed by atoms with Crippen LogP contribution in [-0.4, -0.2) is 46.0 Å². The fourth-order valence-corrected chi connectivity index (χ4v) is 3.18. The molecule has 16 heavy (non-hydrogen) atoms. The number of hydrogen-bond donors (Lipinski definition) is 0. The minimum Gasteiger partial charge on any atom is -0.339 e. The highest BCUT2D eigenvalue weighted by Gasteiger charge is 2.41. The minimum atomic E-state index is -4.14. The number of rotatable bonds is 3. The molecular weight excluding hydrogens is 305 g/mol. The third kappa shape index (κ3) is 3.29. The van der Waals surface area contributed by atoms with Crippen molar-refractivity contribution in [2.75, 3.05) is 18.4 Å². The summed E-state index contributed by atoms with van der Waals surface area (Å²) in [6.45, 7) is -0.245. The summed E-state index contributed by atoms with van der Waals surface area (Å²) in [6.07, 6.45) is -2.43. The monoisotopic (exact) mass is 316 g/mol. The van der Waals surface area contributed by atoms with Gasteiger partial charge in [-0.25, -0.2) is 0 Å². The summed E-state index contributed by atoms with van der Waals surface area (Å²) in [4.78, 5) is 5.63. The maximum Gasteiger partial charge on any atom is 0.406 e. The molecule has 1 saturated carbocycles. The first-order chi connectivity index (χ1) is 7.49. The quantitative estimate of drug-likeness (QED) is 0.744. The Morgan fingerprint density at radius 1 is 1.44 bits per heavy atom. The largest absolute Gasteiger partial charge is 0.406 e. The Bertz CT molecular complexity index is 291. The van der Waals surface area contributed by atoms with Crippen LogP contribution in [0.3, 0.4) is 0 Å². The van der Waals surface area contributed by atoms with Gasteiger partial charge in [0.2, 0.25) is 0 Å². The average Bonchev–Trinajstić information content (AvgIpc) is 2.91. The summed E-state index contributed by atoms with van der Waals surface area (Å²) in [5.74, 6) is 0. The summed E-state index contributed by atoms with van der Waals surface area (Å²) >= 11 is 4.79. The Labute approximate surface area is 105 Å². The number of hydrogen-bond acceptors (Lipinski definition) is 3. The molecule has 0 saturated heterocycles. The van der Waals surface area contributed by atoms with Crippen LogP contribution in [0, 0.1) is 0 Å². The molecule has 2 aliphatic rings. The van der Waals surface area contributed by atoms with Gasteiger partial charge in [-0.05, 0) is 12.8 Å². The van der Waals surface area contributed by atoms with E-state index in [4.69, 9.17) is 0 Å². The Kier molecular flexibility index (Phi) is 3.73. The second-order valence-electron chi connectivity index (χ2n) is 3.99. The summed E-state index contributed by atoms with van der Waals surface area (Å²) in [5, 5.41) is 1.63. The molecule has 0 radical (unpaired) electrons. The van der Waals surface area contributed by atoms with Gasteiger partial charge in [-0.15, -0.1) is 0 Å². The lowest BCUT2D eigenvalue weighted by atomic mass is 10.5. The standard InChI is InChI=1S/C9H12BrF3N2S/c10-3-7-4-14-8(16-7)15(6-1-2-6)5-9(11,12)13/h6-7H,1-5H2. The fourth-order valence-electron chi connectivity index (χ4n) is 1.57. The number of amidine groups is 1. The van der Waals surface area contributed by atoms with Crippen molar-refractivity contribution in [2.24, 2.45) is 4.99 Å². The number of alkyl halides is 4. The van der Waals surface area contributed by atoms with E-state index in [2.05, 4.69) is 20.9 Å². The van der Waals surface area contributed by atoms with Crippen molar-refractivity contribution >= 4 is 32.9 Å². The highest BCUT2D eigenvalue weighted by molar-refractivity contribution is 9.09. The van der Waals surface area contributed by atoms with Gasteiger partial charge in [-0.2, -0.15) is 13.2 Å². The van der Waals surface area contributed by atoms with E-state index < -0.39 is 12.7 Å². The first kappa shape index (κ1) is 12.5. The smallest absolute Gasteiger partial charge is 0.339 e. The number of thioether (sulfide) groups is 1. The van der Waals surface area contributed by atoms with Crippen LogP contribution in [0.15, 0.2) is 4.99 Å². The number of aliphatic imine (C=N–C) groups is 1. The number of halogens is 4. The second-order valence-corrected chi connectivity index (χ2v) is 5.91. The first-order valence-corrected chi connectivity index (χ1v) is 7.10. The van der Waals surface area contributed by atoms with Gasteiger partial charge in [0, 0.05) is 16.6 Å². The SMILES string of the molecule is FC(F)(F)CN(C1=NCC(CBr)S1)C1CC1. The summed E-state index contributed by atoms with van der Waals surface area (Å²) < 4.78 is 37.2. The molecule has 92 valence electrons. The van der Waals surface area contributed by atoms with E-state index in [0.717, 1.165) is 18.2 Å². The van der Waals surface area contributed by atoms with Gasteiger partial charge < -0.3 is 4.90 Å². The Morgan fingerprint density at radius 3 is 2.56 bits per heavy atom. The van der Waals surface area contributed by atoms with Gasteiger partial charge in [-0.1, -0.05) is 27.7 Å². The van der Waals surface area contributed by atoms with Crippen LogP contribution in [0.1, 0.15) is 12.8 Å². The lowest BCUT2D eigenvalue weighted by Crippen LogP contribution is -2.38. The maximum absolute atomic E-state index is 12.4.